The predicted octanol–water partition coefficient (Wildman–Crippen LogP) is -1.26. The standard InChI is InChI=1S/C11H19N3O2/c1-3-4-14-5-6-16-10(8-14)7-13(2)9-11(12)15/h1,10H,4-9H2,2H3,(H2,12,15)/t10-/m1/s1. The molecule has 0 bridgehead atoms. The molecule has 2 N–H and O–H groups in total. The van der Waals surface area contributed by atoms with E-state index in [1.165, 1.54) is 0 Å². The SMILES string of the molecule is C#CCN1CCO[C@H](CN(C)CC(N)=O)C1. The number of rotatable bonds is 5. The minimum atomic E-state index is -0.321. The number of hydrogen-bond donors (Lipinski definition) is 1. The van der Waals surface area contributed by atoms with Gasteiger partial charge in [0, 0.05) is 19.6 Å². The molecule has 0 spiro atoms. The van der Waals surface area contributed by atoms with Gasteiger partial charge in [-0.2, -0.15) is 0 Å². The lowest BCUT2D eigenvalue weighted by Crippen LogP contribution is -2.48. The number of ether oxygens (including phenoxy) is 1. The van der Waals surface area contributed by atoms with E-state index in [1.54, 1.807) is 0 Å². The van der Waals surface area contributed by atoms with Crippen LogP contribution < -0.4 is 5.73 Å². The molecule has 0 aromatic heterocycles. The average molecular weight is 225 g/mol. The fraction of sp³-hybridized carbons (Fsp3) is 0.727. The maximum atomic E-state index is 10.7. The number of hydrogen-bond acceptors (Lipinski definition) is 4. The Hall–Kier alpha value is -1.09. The van der Waals surface area contributed by atoms with Gasteiger partial charge in [-0.3, -0.25) is 14.6 Å². The second-order valence-corrected chi connectivity index (χ2v) is 4.10. The molecule has 0 saturated carbocycles. The molecule has 1 atom stereocenters. The minimum Gasteiger partial charge on any atom is -0.374 e. The van der Waals surface area contributed by atoms with Crippen LogP contribution in [-0.4, -0.2) is 68.2 Å². The van der Waals surface area contributed by atoms with Gasteiger partial charge in [-0.05, 0) is 7.05 Å². The lowest BCUT2D eigenvalue weighted by atomic mass is 10.2. The summed E-state index contributed by atoms with van der Waals surface area (Å²) in [4.78, 5) is 14.8. The normalized spacial score (nSPS) is 21.9. The van der Waals surface area contributed by atoms with Crippen molar-refractivity contribution in [1.29, 1.82) is 0 Å². The number of nitrogens with zero attached hydrogens (tertiary/aromatic N) is 2. The molecule has 0 aromatic rings. The molecule has 0 unspecified atom stereocenters. The number of nitrogens with two attached hydrogens (primary N) is 1. The molecule has 1 aliphatic heterocycles. The van der Waals surface area contributed by atoms with Crippen LogP contribution in [0.15, 0.2) is 0 Å². The molecular formula is C11H19N3O2. The highest BCUT2D eigenvalue weighted by Crippen LogP contribution is 2.05. The van der Waals surface area contributed by atoms with Crippen molar-refractivity contribution in [1.82, 2.24) is 9.80 Å². The Morgan fingerprint density at radius 3 is 3.12 bits per heavy atom. The zero-order chi connectivity index (χ0) is 12.0. The van der Waals surface area contributed by atoms with Crippen molar-refractivity contribution in [3.8, 4) is 12.3 Å². The maximum Gasteiger partial charge on any atom is 0.231 e. The second kappa shape index (κ2) is 6.48. The number of primary amides is 1. The van der Waals surface area contributed by atoms with Crippen LogP contribution in [0.1, 0.15) is 0 Å². The van der Waals surface area contributed by atoms with Gasteiger partial charge in [0.15, 0.2) is 0 Å². The third-order valence-corrected chi connectivity index (χ3v) is 2.48. The molecule has 1 amide bonds. The quantitative estimate of drug-likeness (QED) is 0.593. The van der Waals surface area contributed by atoms with Crippen molar-refractivity contribution in [2.24, 2.45) is 5.73 Å². The highest BCUT2D eigenvalue weighted by molar-refractivity contribution is 5.75. The zero-order valence-electron chi connectivity index (χ0n) is 9.69. The maximum absolute atomic E-state index is 10.7. The van der Waals surface area contributed by atoms with Gasteiger partial charge in [0.25, 0.3) is 0 Å². The van der Waals surface area contributed by atoms with E-state index in [-0.39, 0.29) is 18.6 Å². The molecular weight excluding hydrogens is 206 g/mol. The third-order valence-electron chi connectivity index (χ3n) is 2.48. The first-order valence-corrected chi connectivity index (χ1v) is 5.36. The number of morpholine rings is 1. The first-order chi connectivity index (χ1) is 7.61. The third kappa shape index (κ3) is 4.62. The number of carbonyl (C=O) groups excluding carboxylic acids is 1. The highest BCUT2D eigenvalue weighted by Gasteiger charge is 2.21. The van der Waals surface area contributed by atoms with Crippen LogP contribution in [0.4, 0.5) is 0 Å². The summed E-state index contributed by atoms with van der Waals surface area (Å²) in [7, 11) is 1.86. The fourth-order valence-corrected chi connectivity index (χ4v) is 1.84. The Balaban J connectivity index is 2.31. The summed E-state index contributed by atoms with van der Waals surface area (Å²) in [6.45, 7) is 3.99. The van der Waals surface area contributed by atoms with E-state index in [0.29, 0.717) is 19.7 Å². The van der Waals surface area contributed by atoms with Crippen molar-refractivity contribution in [2.75, 3.05) is 46.4 Å². The highest BCUT2D eigenvalue weighted by atomic mass is 16.5. The van der Waals surface area contributed by atoms with E-state index in [1.807, 2.05) is 11.9 Å². The van der Waals surface area contributed by atoms with E-state index in [9.17, 15) is 4.79 Å². The average Bonchev–Trinajstić information content (AvgIpc) is 2.17. The van der Waals surface area contributed by atoms with E-state index >= 15 is 0 Å². The number of likely N-dealkylation sites (N-methyl/N-ethyl adjacent to an activating group) is 1. The van der Waals surface area contributed by atoms with Crippen LogP contribution in [0, 0.1) is 12.3 Å². The van der Waals surface area contributed by atoms with Gasteiger partial charge in [0.05, 0.1) is 25.8 Å². The van der Waals surface area contributed by atoms with Crippen LogP contribution in [0.5, 0.6) is 0 Å². The number of carbonyl (C=O) groups is 1. The molecule has 16 heavy (non-hydrogen) atoms. The molecule has 90 valence electrons. The van der Waals surface area contributed by atoms with Crippen LogP contribution in [0.3, 0.4) is 0 Å². The zero-order valence-corrected chi connectivity index (χ0v) is 9.69. The lowest BCUT2D eigenvalue weighted by molar-refractivity contribution is -0.119. The van der Waals surface area contributed by atoms with E-state index in [4.69, 9.17) is 16.9 Å². The van der Waals surface area contributed by atoms with Gasteiger partial charge in [-0.1, -0.05) is 5.92 Å². The van der Waals surface area contributed by atoms with Gasteiger partial charge in [-0.25, -0.2) is 0 Å². The molecule has 1 fully saturated rings. The molecule has 5 nitrogen and oxygen atoms in total. The van der Waals surface area contributed by atoms with Crippen molar-refractivity contribution >= 4 is 5.91 Å². The van der Waals surface area contributed by atoms with E-state index in [0.717, 1.165) is 13.1 Å². The van der Waals surface area contributed by atoms with Gasteiger partial charge >= 0.3 is 0 Å². The topological polar surface area (TPSA) is 58.8 Å². The first kappa shape index (κ1) is 13.0. The van der Waals surface area contributed by atoms with E-state index < -0.39 is 0 Å². The molecule has 0 radical (unpaired) electrons. The van der Waals surface area contributed by atoms with Crippen molar-refractivity contribution in [2.45, 2.75) is 6.10 Å². The Labute approximate surface area is 96.5 Å². The summed E-state index contributed by atoms with van der Waals surface area (Å²) in [5.74, 6) is 2.31. The van der Waals surface area contributed by atoms with Crippen molar-refractivity contribution < 1.29 is 9.53 Å². The molecule has 1 aliphatic rings. The fourth-order valence-electron chi connectivity index (χ4n) is 1.84. The molecule has 1 heterocycles. The summed E-state index contributed by atoms with van der Waals surface area (Å²) in [6, 6.07) is 0. The Morgan fingerprint density at radius 2 is 2.50 bits per heavy atom. The van der Waals surface area contributed by atoms with Crippen LogP contribution in [0.2, 0.25) is 0 Å². The molecule has 0 aromatic carbocycles. The van der Waals surface area contributed by atoms with Crippen molar-refractivity contribution in [3.63, 3.8) is 0 Å². The number of terminal acetylenes is 1. The number of amides is 1. The summed E-state index contributed by atoms with van der Waals surface area (Å²) in [5, 5.41) is 0. The summed E-state index contributed by atoms with van der Waals surface area (Å²) in [5.41, 5.74) is 5.12. The molecule has 1 saturated heterocycles. The van der Waals surface area contributed by atoms with Gasteiger partial charge in [0.2, 0.25) is 5.91 Å². The summed E-state index contributed by atoms with van der Waals surface area (Å²) in [6.07, 6.45) is 5.37. The Kier molecular flexibility index (Phi) is 5.26. The van der Waals surface area contributed by atoms with Crippen LogP contribution in [-0.2, 0) is 9.53 Å². The van der Waals surface area contributed by atoms with Gasteiger partial charge in [-0.15, -0.1) is 6.42 Å². The predicted molar refractivity (Wildman–Crippen MR) is 61.7 cm³/mol. The summed E-state index contributed by atoms with van der Waals surface area (Å²) >= 11 is 0. The first-order valence-electron chi connectivity index (χ1n) is 5.36. The summed E-state index contributed by atoms with van der Waals surface area (Å²) < 4.78 is 5.60. The molecule has 0 aliphatic carbocycles. The monoisotopic (exact) mass is 225 g/mol. The Bertz CT molecular complexity index is 275. The lowest BCUT2D eigenvalue weighted by Gasteiger charge is -2.33. The van der Waals surface area contributed by atoms with Crippen LogP contribution >= 0.6 is 0 Å². The second-order valence-electron chi connectivity index (χ2n) is 4.10. The van der Waals surface area contributed by atoms with Crippen LogP contribution in [0.25, 0.3) is 0 Å². The smallest absolute Gasteiger partial charge is 0.231 e. The largest absolute Gasteiger partial charge is 0.374 e. The van der Waals surface area contributed by atoms with E-state index in [2.05, 4.69) is 10.8 Å². The van der Waals surface area contributed by atoms with Gasteiger partial charge < -0.3 is 10.5 Å². The van der Waals surface area contributed by atoms with Crippen molar-refractivity contribution in [3.05, 3.63) is 0 Å². The molecule has 5 heteroatoms. The Morgan fingerprint density at radius 1 is 1.75 bits per heavy atom. The molecule has 1 rings (SSSR count). The van der Waals surface area contributed by atoms with Gasteiger partial charge in [0.1, 0.15) is 0 Å². The minimum absolute atomic E-state index is 0.103.